The van der Waals surface area contributed by atoms with Crippen LogP contribution in [0.15, 0.2) is 53.3 Å². The first-order chi connectivity index (χ1) is 12.2. The number of rotatable bonds is 3. The number of hydrogen-bond acceptors (Lipinski definition) is 4. The van der Waals surface area contributed by atoms with Crippen molar-refractivity contribution in [3.05, 3.63) is 70.3 Å². The molecule has 4 rings (SSSR count). The van der Waals surface area contributed by atoms with Gasteiger partial charge in [-0.1, -0.05) is 35.5 Å². The van der Waals surface area contributed by atoms with Gasteiger partial charge in [0.15, 0.2) is 0 Å². The van der Waals surface area contributed by atoms with Gasteiger partial charge in [0.2, 0.25) is 0 Å². The van der Waals surface area contributed by atoms with Crippen LogP contribution < -0.4 is 5.56 Å². The van der Waals surface area contributed by atoms with Crippen LogP contribution in [0.4, 0.5) is 4.39 Å². The third-order valence-electron chi connectivity index (χ3n) is 4.85. The van der Waals surface area contributed by atoms with Gasteiger partial charge < -0.3 is 0 Å². The Balaban J connectivity index is 0.00000196. The molecule has 0 N–H and O–H groups in total. The minimum Gasteiger partial charge on any atom is -0.299 e. The van der Waals surface area contributed by atoms with Crippen LogP contribution in [0, 0.1) is 5.82 Å². The van der Waals surface area contributed by atoms with Crippen molar-refractivity contribution in [2.45, 2.75) is 25.4 Å². The molecule has 1 aliphatic rings. The second-order valence-corrected chi connectivity index (χ2v) is 6.46. The first kappa shape index (κ1) is 18.5. The van der Waals surface area contributed by atoms with Gasteiger partial charge >= 0.3 is 0 Å². The highest BCUT2D eigenvalue weighted by molar-refractivity contribution is 5.85. The smallest absolute Gasteiger partial charge is 0.277 e. The molecule has 0 spiro atoms. The van der Waals surface area contributed by atoms with Gasteiger partial charge in [-0.3, -0.25) is 9.69 Å². The topological polar surface area (TPSA) is 51.0 Å². The number of hydrogen-bond donors (Lipinski definition) is 0. The van der Waals surface area contributed by atoms with Crippen LogP contribution in [0.5, 0.6) is 0 Å². The van der Waals surface area contributed by atoms with Crippen molar-refractivity contribution in [2.75, 3.05) is 13.1 Å². The molecule has 2 heterocycles. The summed E-state index contributed by atoms with van der Waals surface area (Å²) in [7, 11) is 0. The number of nitrogens with zero attached hydrogens (tertiary/aromatic N) is 4. The summed E-state index contributed by atoms with van der Waals surface area (Å²) in [4.78, 5) is 14.9. The standard InChI is InChI=1S/C19H19FN4O.ClH/c20-17-7-3-1-5-14(17)13-23-11-9-15(10-12-23)24-19(25)16-6-2-4-8-18(16)21-22-24;/h1-8,15H,9-13H2;1H. The summed E-state index contributed by atoms with van der Waals surface area (Å²) < 4.78 is 15.3. The van der Waals surface area contributed by atoms with Crippen molar-refractivity contribution < 1.29 is 4.39 Å². The lowest BCUT2D eigenvalue weighted by Gasteiger charge is -2.32. The van der Waals surface area contributed by atoms with E-state index < -0.39 is 0 Å². The molecule has 0 aliphatic carbocycles. The van der Waals surface area contributed by atoms with Crippen LogP contribution in [-0.2, 0) is 6.54 Å². The zero-order chi connectivity index (χ0) is 17.2. The minimum absolute atomic E-state index is 0. The average Bonchev–Trinajstić information content (AvgIpc) is 2.65. The van der Waals surface area contributed by atoms with Crippen LogP contribution >= 0.6 is 12.4 Å². The normalized spacial score (nSPS) is 15.7. The van der Waals surface area contributed by atoms with E-state index in [9.17, 15) is 9.18 Å². The summed E-state index contributed by atoms with van der Waals surface area (Å²) in [5.41, 5.74) is 1.25. The van der Waals surface area contributed by atoms with E-state index in [0.29, 0.717) is 23.0 Å². The van der Waals surface area contributed by atoms with E-state index in [1.165, 1.54) is 10.7 Å². The molecule has 5 nitrogen and oxygen atoms in total. The van der Waals surface area contributed by atoms with E-state index in [4.69, 9.17) is 0 Å². The Morgan fingerprint density at radius 2 is 1.73 bits per heavy atom. The zero-order valence-electron chi connectivity index (χ0n) is 14.2. The van der Waals surface area contributed by atoms with Crippen LogP contribution in [0.1, 0.15) is 24.4 Å². The summed E-state index contributed by atoms with van der Waals surface area (Å²) in [6.07, 6.45) is 1.61. The Bertz CT molecular complexity index is 953. The summed E-state index contributed by atoms with van der Waals surface area (Å²) in [5, 5.41) is 8.90. The van der Waals surface area contributed by atoms with Gasteiger partial charge in [-0.2, -0.15) is 0 Å². The van der Waals surface area contributed by atoms with E-state index in [1.54, 1.807) is 18.2 Å². The van der Waals surface area contributed by atoms with Crippen LogP contribution in [0.2, 0.25) is 0 Å². The lowest BCUT2D eigenvalue weighted by molar-refractivity contribution is 0.167. The number of likely N-dealkylation sites (tertiary alicyclic amines) is 1. The Morgan fingerprint density at radius 3 is 2.50 bits per heavy atom. The molecule has 1 aromatic heterocycles. The van der Waals surface area contributed by atoms with Gasteiger partial charge in [0.1, 0.15) is 11.3 Å². The average molecular weight is 375 g/mol. The van der Waals surface area contributed by atoms with Crippen molar-refractivity contribution in [2.24, 2.45) is 0 Å². The van der Waals surface area contributed by atoms with Crippen molar-refractivity contribution >= 4 is 23.3 Å². The predicted octanol–water partition coefficient (Wildman–Crippen LogP) is 3.19. The molecular formula is C19H20ClFN4O. The maximum atomic E-state index is 13.8. The second-order valence-electron chi connectivity index (χ2n) is 6.46. The molecule has 1 fully saturated rings. The van der Waals surface area contributed by atoms with E-state index >= 15 is 0 Å². The summed E-state index contributed by atoms with van der Waals surface area (Å²) in [5.74, 6) is -0.166. The Hall–Kier alpha value is -2.31. The summed E-state index contributed by atoms with van der Waals surface area (Å²) >= 11 is 0. The van der Waals surface area contributed by atoms with E-state index in [2.05, 4.69) is 15.2 Å². The largest absolute Gasteiger partial charge is 0.299 e. The van der Waals surface area contributed by atoms with Crippen LogP contribution in [-0.4, -0.2) is 33.0 Å². The SMILES string of the molecule is Cl.O=c1c2ccccc2nnn1C1CCN(Cc2ccccc2F)CC1. The van der Waals surface area contributed by atoms with E-state index in [1.807, 2.05) is 24.3 Å². The van der Waals surface area contributed by atoms with Gasteiger partial charge in [0.05, 0.1) is 11.4 Å². The van der Waals surface area contributed by atoms with Gasteiger partial charge in [-0.05, 0) is 31.0 Å². The molecule has 0 unspecified atom stereocenters. The molecule has 1 saturated heterocycles. The van der Waals surface area contributed by atoms with Gasteiger partial charge in [0.25, 0.3) is 5.56 Å². The number of halogens is 2. The predicted molar refractivity (Wildman–Crippen MR) is 101 cm³/mol. The van der Waals surface area contributed by atoms with Gasteiger partial charge in [-0.15, -0.1) is 17.5 Å². The summed E-state index contributed by atoms with van der Waals surface area (Å²) in [6.45, 7) is 2.21. The lowest BCUT2D eigenvalue weighted by Crippen LogP contribution is -2.38. The van der Waals surface area contributed by atoms with Gasteiger partial charge in [-0.25, -0.2) is 9.07 Å². The molecule has 0 amide bonds. The fourth-order valence-electron chi connectivity index (χ4n) is 3.43. The Morgan fingerprint density at radius 1 is 1.04 bits per heavy atom. The highest BCUT2D eigenvalue weighted by Gasteiger charge is 2.23. The van der Waals surface area contributed by atoms with Crippen molar-refractivity contribution in [3.8, 4) is 0 Å². The third kappa shape index (κ3) is 3.61. The van der Waals surface area contributed by atoms with Crippen molar-refractivity contribution in [1.82, 2.24) is 19.9 Å². The molecule has 1 aliphatic heterocycles. The highest BCUT2D eigenvalue weighted by atomic mass is 35.5. The monoisotopic (exact) mass is 374 g/mol. The van der Waals surface area contributed by atoms with Gasteiger partial charge in [0, 0.05) is 25.2 Å². The number of piperidine rings is 1. The summed E-state index contributed by atoms with van der Waals surface area (Å²) in [6, 6.07) is 14.2. The van der Waals surface area contributed by atoms with Crippen LogP contribution in [0.25, 0.3) is 10.9 Å². The molecule has 2 aromatic carbocycles. The van der Waals surface area contributed by atoms with Crippen molar-refractivity contribution in [1.29, 1.82) is 0 Å². The van der Waals surface area contributed by atoms with E-state index in [0.717, 1.165) is 25.9 Å². The Kier molecular flexibility index (Phi) is 5.64. The van der Waals surface area contributed by atoms with Crippen molar-refractivity contribution in [3.63, 3.8) is 0 Å². The lowest BCUT2D eigenvalue weighted by atomic mass is 10.0. The quantitative estimate of drug-likeness (QED) is 0.706. The van der Waals surface area contributed by atoms with Crippen LogP contribution in [0.3, 0.4) is 0 Å². The molecule has 3 aromatic rings. The molecule has 7 heteroatoms. The molecule has 26 heavy (non-hydrogen) atoms. The zero-order valence-corrected chi connectivity index (χ0v) is 15.0. The molecule has 0 atom stereocenters. The molecular weight excluding hydrogens is 355 g/mol. The molecule has 0 saturated carbocycles. The first-order valence-corrected chi connectivity index (χ1v) is 8.52. The maximum absolute atomic E-state index is 13.8. The Labute approximate surface area is 156 Å². The third-order valence-corrected chi connectivity index (χ3v) is 4.85. The number of aromatic nitrogens is 3. The second kappa shape index (κ2) is 7.93. The fourth-order valence-corrected chi connectivity index (χ4v) is 3.43. The number of benzene rings is 2. The highest BCUT2D eigenvalue weighted by Crippen LogP contribution is 2.22. The maximum Gasteiger partial charge on any atom is 0.277 e. The molecule has 0 bridgehead atoms. The fraction of sp³-hybridized carbons (Fsp3) is 0.316. The molecule has 136 valence electrons. The first-order valence-electron chi connectivity index (χ1n) is 8.52. The molecule has 0 radical (unpaired) electrons. The minimum atomic E-state index is -0.166. The number of fused-ring (bicyclic) bond motifs is 1. The van der Waals surface area contributed by atoms with E-state index in [-0.39, 0.29) is 29.8 Å².